The average Bonchev–Trinajstić information content (AvgIpc) is 3.34. The summed E-state index contributed by atoms with van der Waals surface area (Å²) in [4.78, 5) is 43.5. The number of aromatic nitrogens is 3. The third kappa shape index (κ3) is 5.40. The molecule has 0 saturated carbocycles. The zero-order valence-electron chi connectivity index (χ0n) is 20.1. The van der Waals surface area contributed by atoms with E-state index in [2.05, 4.69) is 32.6 Å². The minimum absolute atomic E-state index is 0.0393. The Hall–Kier alpha value is -2.95. The molecule has 0 aliphatic rings. The largest absolute Gasteiger partial charge is 0.469 e. The van der Waals surface area contributed by atoms with Crippen molar-refractivity contribution in [3.8, 4) is 0 Å². The summed E-state index contributed by atoms with van der Waals surface area (Å²) in [5.41, 5.74) is 2.10. The maximum Gasteiger partial charge on any atom is 0.419 e. The average molecular weight is 577 g/mol. The fraction of sp³-hybridized carbons (Fsp3) is 0.360. The molecule has 3 aromatic rings. The molecule has 0 aliphatic heterocycles. The second-order valence-electron chi connectivity index (χ2n) is 9.45. The maximum absolute atomic E-state index is 13.1. The van der Waals surface area contributed by atoms with Crippen molar-refractivity contribution in [1.29, 1.82) is 0 Å². The summed E-state index contributed by atoms with van der Waals surface area (Å²) >= 11 is 2.06. The van der Waals surface area contributed by atoms with Gasteiger partial charge in [0.15, 0.2) is 6.29 Å². The Morgan fingerprint density at radius 1 is 1.21 bits per heavy atom. The number of benzene rings is 1. The number of allylic oxidation sites excluding steroid dienone is 1. The number of methoxy groups -OCH3 is 1. The van der Waals surface area contributed by atoms with Gasteiger partial charge in [0, 0.05) is 16.4 Å². The molecule has 0 bridgehead atoms. The number of esters is 1. The first-order chi connectivity index (χ1) is 15.9. The summed E-state index contributed by atoms with van der Waals surface area (Å²) in [7, 11) is 1.34. The number of imidazole rings is 1. The van der Waals surface area contributed by atoms with E-state index in [0.29, 0.717) is 26.2 Å². The van der Waals surface area contributed by atoms with E-state index in [0.717, 1.165) is 17.2 Å². The highest BCUT2D eigenvalue weighted by atomic mass is 127. The van der Waals surface area contributed by atoms with Crippen molar-refractivity contribution in [2.45, 2.75) is 52.1 Å². The van der Waals surface area contributed by atoms with Crippen molar-refractivity contribution in [3.05, 3.63) is 56.8 Å². The van der Waals surface area contributed by atoms with Gasteiger partial charge >= 0.3 is 12.1 Å². The van der Waals surface area contributed by atoms with Gasteiger partial charge in [0.25, 0.3) is 0 Å². The number of rotatable bonds is 6. The number of nitrogens with one attached hydrogen (secondary N) is 1. The van der Waals surface area contributed by atoms with Crippen LogP contribution in [0.25, 0.3) is 17.0 Å². The minimum Gasteiger partial charge on any atom is -0.469 e. The molecule has 9 heteroatoms. The first-order valence-corrected chi connectivity index (χ1v) is 11.8. The van der Waals surface area contributed by atoms with Crippen molar-refractivity contribution < 1.29 is 23.9 Å². The van der Waals surface area contributed by atoms with Crippen LogP contribution in [0.4, 0.5) is 4.79 Å². The maximum atomic E-state index is 13.1. The van der Waals surface area contributed by atoms with E-state index >= 15 is 0 Å². The molecule has 180 valence electrons. The van der Waals surface area contributed by atoms with Gasteiger partial charge in [-0.05, 0) is 55.0 Å². The van der Waals surface area contributed by atoms with Crippen molar-refractivity contribution in [1.82, 2.24) is 14.5 Å². The molecule has 3 rings (SSSR count). The first kappa shape index (κ1) is 25.7. The van der Waals surface area contributed by atoms with E-state index in [-0.39, 0.29) is 6.42 Å². The molecule has 0 aliphatic carbocycles. The van der Waals surface area contributed by atoms with Crippen LogP contribution >= 0.6 is 22.6 Å². The summed E-state index contributed by atoms with van der Waals surface area (Å²) in [5, 5.41) is 0.772. The van der Waals surface area contributed by atoms with Crippen LogP contribution in [0.15, 0.2) is 30.6 Å². The minimum atomic E-state index is -0.679. The smallest absolute Gasteiger partial charge is 0.419 e. The highest BCUT2D eigenvalue weighted by Crippen LogP contribution is 2.32. The molecular weight excluding hydrogens is 549 g/mol. The van der Waals surface area contributed by atoms with Crippen LogP contribution in [0.1, 0.15) is 61.9 Å². The Balaban J connectivity index is 2.10. The number of carbonyl (C=O) groups excluding carboxylic acids is 3. The van der Waals surface area contributed by atoms with Gasteiger partial charge in [-0.15, -0.1) is 0 Å². The Bertz CT molecular complexity index is 1280. The Kier molecular flexibility index (Phi) is 7.35. The lowest BCUT2D eigenvalue weighted by atomic mass is 9.87. The summed E-state index contributed by atoms with van der Waals surface area (Å²) in [6, 6.07) is 5.68. The van der Waals surface area contributed by atoms with E-state index in [4.69, 9.17) is 9.47 Å². The number of fused-ring (bicyclic) bond motifs is 1. The lowest BCUT2D eigenvalue weighted by Gasteiger charge is -2.20. The highest BCUT2D eigenvalue weighted by molar-refractivity contribution is 14.1. The predicted molar refractivity (Wildman–Crippen MR) is 138 cm³/mol. The van der Waals surface area contributed by atoms with Gasteiger partial charge in [-0.3, -0.25) is 9.59 Å². The highest BCUT2D eigenvalue weighted by Gasteiger charge is 2.26. The second-order valence-corrected chi connectivity index (χ2v) is 10.5. The van der Waals surface area contributed by atoms with Crippen molar-refractivity contribution >= 4 is 57.9 Å². The summed E-state index contributed by atoms with van der Waals surface area (Å²) in [5.74, 6) is -0.391. The summed E-state index contributed by atoms with van der Waals surface area (Å²) in [6.45, 7) is 9.36. The second kappa shape index (κ2) is 9.73. The fourth-order valence-electron chi connectivity index (χ4n) is 3.61. The van der Waals surface area contributed by atoms with Crippen molar-refractivity contribution in [2.75, 3.05) is 7.11 Å². The van der Waals surface area contributed by atoms with Crippen LogP contribution < -0.4 is 0 Å². The number of nitrogens with zero attached hydrogens (tertiary/aromatic N) is 2. The fourth-order valence-corrected chi connectivity index (χ4v) is 4.55. The number of carbonyl (C=O) groups is 3. The van der Waals surface area contributed by atoms with Crippen LogP contribution in [0, 0.1) is 3.70 Å². The number of aromatic amines is 1. The Morgan fingerprint density at radius 2 is 1.91 bits per heavy atom. The van der Waals surface area contributed by atoms with Gasteiger partial charge in [-0.25, -0.2) is 14.3 Å². The number of hydrogen-bond acceptors (Lipinski definition) is 6. The van der Waals surface area contributed by atoms with Crippen LogP contribution in [-0.2, 0) is 26.1 Å². The number of hydrogen-bond donors (Lipinski definition) is 1. The number of ether oxygens (including phenoxy) is 2. The molecular formula is C25H28IN3O5. The standard InChI is InChI=1S/C25H28IN3O5/c1-24(2,3)34-23(32)29-19-11-15(7-8-16(19)17(22(29)26)12-20(31)33-6)9-10-25(4,5)21-18(13-30)27-14-28-21/h7-11,13-14H,12H2,1-6H3,(H,27,28)/b10-9-. The predicted octanol–water partition coefficient (Wildman–Crippen LogP) is 5.27. The first-order valence-electron chi connectivity index (χ1n) is 10.7. The van der Waals surface area contributed by atoms with Gasteiger partial charge in [0.05, 0.1) is 34.8 Å². The van der Waals surface area contributed by atoms with Gasteiger partial charge in [-0.1, -0.05) is 38.1 Å². The quantitative estimate of drug-likeness (QED) is 0.243. The van der Waals surface area contributed by atoms with Crippen LogP contribution in [0.5, 0.6) is 0 Å². The Morgan fingerprint density at radius 3 is 2.53 bits per heavy atom. The van der Waals surface area contributed by atoms with Crippen LogP contribution in [0.3, 0.4) is 0 Å². The molecule has 0 amide bonds. The monoisotopic (exact) mass is 577 g/mol. The molecule has 0 saturated heterocycles. The topological polar surface area (TPSA) is 103 Å². The lowest BCUT2D eigenvalue weighted by molar-refractivity contribution is -0.139. The normalized spacial score (nSPS) is 12.3. The van der Waals surface area contributed by atoms with Gasteiger partial charge < -0.3 is 14.5 Å². The van der Waals surface area contributed by atoms with E-state index in [1.165, 1.54) is 18.0 Å². The molecule has 1 N–H and O–H groups in total. The van der Waals surface area contributed by atoms with Gasteiger partial charge in [-0.2, -0.15) is 0 Å². The zero-order chi connectivity index (χ0) is 25.3. The SMILES string of the molecule is COC(=O)Cc1c(I)n(C(=O)OC(C)(C)C)c2cc(/C=C\C(C)(C)c3[nH]cnc3C=O)ccc12. The van der Waals surface area contributed by atoms with Crippen LogP contribution in [-0.4, -0.2) is 45.6 Å². The number of aldehydes is 1. The lowest BCUT2D eigenvalue weighted by Crippen LogP contribution is -2.27. The van der Waals surface area contributed by atoms with E-state index in [9.17, 15) is 14.4 Å². The zero-order valence-corrected chi connectivity index (χ0v) is 22.2. The van der Waals surface area contributed by atoms with Gasteiger partial charge in [0.2, 0.25) is 0 Å². The van der Waals surface area contributed by atoms with E-state index < -0.39 is 23.1 Å². The van der Waals surface area contributed by atoms with Crippen molar-refractivity contribution in [2.24, 2.45) is 0 Å². The number of halogens is 1. The Labute approximate surface area is 211 Å². The molecule has 0 fully saturated rings. The molecule has 2 heterocycles. The molecule has 0 unspecified atom stereocenters. The molecule has 0 spiro atoms. The molecule has 8 nitrogen and oxygen atoms in total. The molecule has 1 aromatic carbocycles. The van der Waals surface area contributed by atoms with Crippen molar-refractivity contribution in [3.63, 3.8) is 0 Å². The third-order valence-corrected chi connectivity index (χ3v) is 6.41. The summed E-state index contributed by atoms with van der Waals surface area (Å²) in [6.07, 6.45) is 5.64. The number of H-pyrrole nitrogens is 1. The molecule has 2 aromatic heterocycles. The van der Waals surface area contributed by atoms with E-state index in [1.807, 2.05) is 44.2 Å². The van der Waals surface area contributed by atoms with Gasteiger partial charge in [0.1, 0.15) is 11.3 Å². The molecule has 0 atom stereocenters. The third-order valence-electron chi connectivity index (χ3n) is 5.28. The van der Waals surface area contributed by atoms with Crippen LogP contribution in [0.2, 0.25) is 0 Å². The molecule has 34 heavy (non-hydrogen) atoms. The summed E-state index contributed by atoms with van der Waals surface area (Å²) < 4.78 is 12.6. The molecule has 0 radical (unpaired) electrons. The van der Waals surface area contributed by atoms with E-state index in [1.54, 1.807) is 20.8 Å².